The third-order valence-electron chi connectivity index (χ3n) is 2.32. The second-order valence-electron chi connectivity index (χ2n) is 3.76. The van der Waals surface area contributed by atoms with Crippen molar-refractivity contribution in [2.24, 2.45) is 0 Å². The van der Waals surface area contributed by atoms with Crippen LogP contribution in [0.5, 0.6) is 11.6 Å². The molecule has 106 valence electrons. The molecule has 2 N–H and O–H groups in total. The van der Waals surface area contributed by atoms with Crippen LogP contribution in [-0.4, -0.2) is 4.98 Å². The van der Waals surface area contributed by atoms with Gasteiger partial charge >= 0.3 is 0 Å². The smallest absolute Gasteiger partial charge is 0.266 e. The highest BCUT2D eigenvalue weighted by atomic mass is 79.9. The highest BCUT2D eigenvalue weighted by molar-refractivity contribution is 9.10. The number of ether oxygens (including phenoxy) is 1. The molecule has 8 heteroatoms. The molecule has 0 amide bonds. The van der Waals surface area contributed by atoms with E-state index in [4.69, 9.17) is 10.5 Å². The summed E-state index contributed by atoms with van der Waals surface area (Å²) in [5.41, 5.74) is 4.54. The average Bonchev–Trinajstić information content (AvgIpc) is 2.36. The third-order valence-corrected chi connectivity index (χ3v) is 2.90. The molecule has 0 fully saturated rings. The molecular formula is C12H7BrF4N2O. The second kappa shape index (κ2) is 5.66. The number of pyridine rings is 1. The molecule has 1 aromatic carbocycles. The van der Waals surface area contributed by atoms with Gasteiger partial charge in [-0.2, -0.15) is 0 Å². The highest BCUT2D eigenvalue weighted by Gasteiger charge is 2.18. The molecule has 1 aromatic heterocycles. The maximum atomic E-state index is 13.4. The number of aromatic nitrogens is 1. The van der Waals surface area contributed by atoms with Crippen molar-refractivity contribution in [3.05, 3.63) is 46.1 Å². The van der Waals surface area contributed by atoms with Crippen molar-refractivity contribution in [3.8, 4) is 11.6 Å². The number of rotatable bonds is 3. The van der Waals surface area contributed by atoms with Gasteiger partial charge in [-0.05, 0) is 28.1 Å². The fourth-order valence-electron chi connectivity index (χ4n) is 1.44. The van der Waals surface area contributed by atoms with Crippen molar-refractivity contribution in [1.82, 2.24) is 4.98 Å². The van der Waals surface area contributed by atoms with E-state index in [0.29, 0.717) is 0 Å². The molecule has 0 unspecified atom stereocenters. The van der Waals surface area contributed by atoms with E-state index >= 15 is 0 Å². The van der Waals surface area contributed by atoms with Gasteiger partial charge in [0.25, 0.3) is 6.43 Å². The summed E-state index contributed by atoms with van der Waals surface area (Å²) in [6, 6.07) is 2.94. The number of anilines is 1. The largest absolute Gasteiger partial charge is 0.437 e. The highest BCUT2D eigenvalue weighted by Crippen LogP contribution is 2.34. The molecule has 0 aliphatic rings. The SMILES string of the molecule is Nc1cc(F)cnc1Oc1cc(Br)c(F)c(C(F)F)c1. The number of alkyl halides is 2. The Kier molecular flexibility index (Phi) is 4.12. The van der Waals surface area contributed by atoms with Gasteiger partial charge in [0.15, 0.2) is 0 Å². The van der Waals surface area contributed by atoms with Gasteiger partial charge in [-0.25, -0.2) is 22.5 Å². The first-order valence-electron chi connectivity index (χ1n) is 5.24. The molecule has 0 saturated heterocycles. The summed E-state index contributed by atoms with van der Waals surface area (Å²) in [7, 11) is 0. The van der Waals surface area contributed by atoms with Crippen molar-refractivity contribution in [2.75, 3.05) is 5.73 Å². The zero-order valence-electron chi connectivity index (χ0n) is 9.71. The van der Waals surface area contributed by atoms with Crippen molar-refractivity contribution in [1.29, 1.82) is 0 Å². The van der Waals surface area contributed by atoms with Crippen LogP contribution < -0.4 is 10.5 Å². The van der Waals surface area contributed by atoms with Gasteiger partial charge in [-0.3, -0.25) is 0 Å². The minimum absolute atomic E-state index is 0.0978. The van der Waals surface area contributed by atoms with Crippen LogP contribution in [0.3, 0.4) is 0 Å². The van der Waals surface area contributed by atoms with E-state index in [-0.39, 0.29) is 21.8 Å². The summed E-state index contributed by atoms with van der Waals surface area (Å²) >= 11 is 2.81. The zero-order chi connectivity index (χ0) is 14.9. The van der Waals surface area contributed by atoms with Crippen LogP contribution in [0.2, 0.25) is 0 Å². The monoisotopic (exact) mass is 350 g/mol. The Morgan fingerprint density at radius 2 is 1.90 bits per heavy atom. The van der Waals surface area contributed by atoms with Crippen molar-refractivity contribution < 1.29 is 22.3 Å². The normalized spacial score (nSPS) is 10.9. The predicted octanol–water partition coefficient (Wildman–Crippen LogP) is 4.43. The van der Waals surface area contributed by atoms with Crippen molar-refractivity contribution in [3.63, 3.8) is 0 Å². The summed E-state index contributed by atoms with van der Waals surface area (Å²) in [5.74, 6) is -2.00. The number of hydrogen-bond donors (Lipinski definition) is 1. The van der Waals surface area contributed by atoms with Gasteiger partial charge in [-0.15, -0.1) is 0 Å². The van der Waals surface area contributed by atoms with E-state index in [1.807, 2.05) is 0 Å². The van der Waals surface area contributed by atoms with E-state index in [0.717, 1.165) is 24.4 Å². The van der Waals surface area contributed by atoms with E-state index in [9.17, 15) is 17.6 Å². The van der Waals surface area contributed by atoms with E-state index < -0.39 is 23.6 Å². The number of benzene rings is 1. The van der Waals surface area contributed by atoms with Crippen LogP contribution in [-0.2, 0) is 0 Å². The molecular weight excluding hydrogens is 344 g/mol. The Balaban J connectivity index is 2.39. The Hall–Kier alpha value is -1.83. The van der Waals surface area contributed by atoms with Gasteiger partial charge in [0.05, 0.1) is 21.9 Å². The number of hydrogen-bond acceptors (Lipinski definition) is 3. The molecule has 0 spiro atoms. The minimum atomic E-state index is -3.01. The van der Waals surface area contributed by atoms with Crippen molar-refractivity contribution in [2.45, 2.75) is 6.43 Å². The van der Waals surface area contributed by atoms with E-state index in [1.54, 1.807) is 0 Å². The lowest BCUT2D eigenvalue weighted by molar-refractivity contribution is 0.146. The van der Waals surface area contributed by atoms with Gasteiger partial charge in [0.2, 0.25) is 5.88 Å². The molecule has 0 aliphatic heterocycles. The van der Waals surface area contributed by atoms with E-state index in [2.05, 4.69) is 20.9 Å². The first kappa shape index (κ1) is 14.6. The third kappa shape index (κ3) is 3.01. The summed E-state index contributed by atoms with van der Waals surface area (Å²) < 4.78 is 56.5. The summed E-state index contributed by atoms with van der Waals surface area (Å²) in [6.45, 7) is 0. The zero-order valence-corrected chi connectivity index (χ0v) is 11.3. The molecule has 3 nitrogen and oxygen atoms in total. The van der Waals surface area contributed by atoms with Gasteiger partial charge in [0, 0.05) is 6.07 Å². The van der Waals surface area contributed by atoms with Crippen LogP contribution in [0.4, 0.5) is 23.2 Å². The quantitative estimate of drug-likeness (QED) is 0.832. The Labute approximate surface area is 119 Å². The summed E-state index contributed by atoms with van der Waals surface area (Å²) in [6.07, 6.45) is -2.15. The number of nitrogen functional groups attached to an aromatic ring is 1. The Bertz CT molecular complexity index is 652. The van der Waals surface area contributed by atoms with Gasteiger partial charge in [-0.1, -0.05) is 0 Å². The molecule has 2 rings (SSSR count). The maximum Gasteiger partial charge on any atom is 0.266 e. The number of halogens is 5. The molecule has 0 aliphatic carbocycles. The van der Waals surface area contributed by atoms with Crippen LogP contribution in [0, 0.1) is 11.6 Å². The minimum Gasteiger partial charge on any atom is -0.437 e. The Morgan fingerprint density at radius 3 is 2.50 bits per heavy atom. The standard InChI is InChI=1S/C12H7BrF4N2O/c13-8-3-6(2-7(10(8)15)11(16)17)20-12-9(18)1-5(14)4-19-12/h1-4,11H,18H2. The van der Waals surface area contributed by atoms with Crippen LogP contribution in [0.15, 0.2) is 28.9 Å². The summed E-state index contributed by atoms with van der Waals surface area (Å²) in [5, 5.41) is 0. The van der Waals surface area contributed by atoms with Gasteiger partial charge < -0.3 is 10.5 Å². The topological polar surface area (TPSA) is 48.1 Å². The maximum absolute atomic E-state index is 13.4. The lowest BCUT2D eigenvalue weighted by Gasteiger charge is -2.10. The van der Waals surface area contributed by atoms with E-state index in [1.165, 1.54) is 0 Å². The first-order chi connectivity index (χ1) is 9.38. The molecule has 0 radical (unpaired) electrons. The predicted molar refractivity (Wildman–Crippen MR) is 67.7 cm³/mol. The lowest BCUT2D eigenvalue weighted by atomic mass is 10.2. The van der Waals surface area contributed by atoms with Crippen LogP contribution in [0.1, 0.15) is 12.0 Å². The molecule has 0 saturated carbocycles. The average molecular weight is 351 g/mol. The second-order valence-corrected chi connectivity index (χ2v) is 4.61. The van der Waals surface area contributed by atoms with Crippen molar-refractivity contribution >= 4 is 21.6 Å². The summed E-state index contributed by atoms with van der Waals surface area (Å²) in [4.78, 5) is 3.58. The fraction of sp³-hybridized carbons (Fsp3) is 0.0833. The van der Waals surface area contributed by atoms with Crippen LogP contribution >= 0.6 is 15.9 Å². The lowest BCUT2D eigenvalue weighted by Crippen LogP contribution is -1.98. The van der Waals surface area contributed by atoms with Crippen LogP contribution in [0.25, 0.3) is 0 Å². The number of nitrogens with zero attached hydrogens (tertiary/aromatic N) is 1. The first-order valence-corrected chi connectivity index (χ1v) is 6.03. The fourth-order valence-corrected chi connectivity index (χ4v) is 1.90. The number of nitrogens with two attached hydrogens (primary N) is 1. The molecule has 20 heavy (non-hydrogen) atoms. The molecule has 0 atom stereocenters. The Morgan fingerprint density at radius 1 is 1.20 bits per heavy atom. The molecule has 0 bridgehead atoms. The molecule has 2 aromatic rings. The van der Waals surface area contributed by atoms with Gasteiger partial charge in [0.1, 0.15) is 17.4 Å². The molecule has 1 heterocycles.